The van der Waals surface area contributed by atoms with Crippen molar-refractivity contribution in [1.82, 2.24) is 10.2 Å². The smallest absolute Gasteiger partial charge is 0.255 e. The van der Waals surface area contributed by atoms with E-state index in [0.717, 1.165) is 29.6 Å². The number of amides is 1. The predicted molar refractivity (Wildman–Crippen MR) is 106 cm³/mol. The van der Waals surface area contributed by atoms with Gasteiger partial charge in [-0.15, -0.1) is 0 Å². The van der Waals surface area contributed by atoms with Gasteiger partial charge in [-0.25, -0.2) is 0 Å². The van der Waals surface area contributed by atoms with Crippen molar-refractivity contribution >= 4 is 21.8 Å². The van der Waals surface area contributed by atoms with E-state index in [0.29, 0.717) is 5.56 Å². The number of allylic oxidation sites excluding steroid dienone is 3. The number of hydrogen-bond donors (Lipinski definition) is 1. The Kier molecular flexibility index (Phi) is 4.92. The molecule has 0 aromatic heterocycles. The molecule has 0 spiro atoms. The number of hydrogen-bond acceptors (Lipinski definition) is 2. The van der Waals surface area contributed by atoms with Crippen molar-refractivity contribution in [3.05, 3.63) is 69.0 Å². The van der Waals surface area contributed by atoms with E-state index in [-0.39, 0.29) is 11.3 Å². The standard InChI is InChI=1S/C21H25BrN2O/c1-5-14-6-7-15(11-19(14)22)20(25)23-17-8-9-18-16(10-17)12-24(4)13-21(18,2)3/h6-9,11-12H,5,10,13H2,1-4H3,(H,23,25). The van der Waals surface area contributed by atoms with Crippen LogP contribution in [0.5, 0.6) is 0 Å². The van der Waals surface area contributed by atoms with E-state index < -0.39 is 0 Å². The van der Waals surface area contributed by atoms with E-state index in [1.807, 2.05) is 24.3 Å². The molecule has 3 nitrogen and oxygen atoms in total. The molecule has 3 rings (SSSR count). The van der Waals surface area contributed by atoms with Gasteiger partial charge in [-0.2, -0.15) is 0 Å². The van der Waals surface area contributed by atoms with E-state index in [2.05, 4.69) is 66.2 Å². The first-order valence-corrected chi connectivity index (χ1v) is 9.52. The molecule has 1 aromatic rings. The minimum Gasteiger partial charge on any atom is -0.379 e. The van der Waals surface area contributed by atoms with Gasteiger partial charge in [0.1, 0.15) is 0 Å². The Morgan fingerprint density at radius 1 is 1.32 bits per heavy atom. The number of nitrogens with one attached hydrogen (secondary N) is 1. The van der Waals surface area contributed by atoms with Gasteiger partial charge in [0.2, 0.25) is 0 Å². The lowest BCUT2D eigenvalue weighted by Crippen LogP contribution is -2.36. The molecule has 4 heteroatoms. The molecule has 0 radical (unpaired) electrons. The van der Waals surface area contributed by atoms with Crippen LogP contribution >= 0.6 is 15.9 Å². The average Bonchev–Trinajstić information content (AvgIpc) is 2.53. The molecule has 1 heterocycles. The number of fused-ring (bicyclic) bond motifs is 1. The van der Waals surface area contributed by atoms with Crippen molar-refractivity contribution in [2.24, 2.45) is 5.41 Å². The minimum atomic E-state index is -0.0597. The Hall–Kier alpha value is -1.81. The minimum absolute atomic E-state index is 0.0597. The van der Waals surface area contributed by atoms with Crippen LogP contribution in [0.25, 0.3) is 0 Å². The molecule has 1 aromatic carbocycles. The van der Waals surface area contributed by atoms with Gasteiger partial charge in [-0.3, -0.25) is 4.79 Å². The van der Waals surface area contributed by atoms with E-state index in [4.69, 9.17) is 0 Å². The molecular formula is C21H25BrN2O. The van der Waals surface area contributed by atoms with Gasteiger partial charge >= 0.3 is 0 Å². The number of nitrogens with zero attached hydrogens (tertiary/aromatic N) is 1. The summed E-state index contributed by atoms with van der Waals surface area (Å²) in [5.41, 5.74) is 5.62. The zero-order valence-corrected chi connectivity index (χ0v) is 16.9. The Labute approximate surface area is 158 Å². The number of carbonyl (C=O) groups excluding carboxylic acids is 1. The highest BCUT2D eigenvalue weighted by atomic mass is 79.9. The molecule has 0 saturated heterocycles. The second-order valence-electron chi connectivity index (χ2n) is 7.52. The summed E-state index contributed by atoms with van der Waals surface area (Å²) in [6.45, 7) is 7.65. The molecule has 0 unspecified atom stereocenters. The summed E-state index contributed by atoms with van der Waals surface area (Å²) in [6, 6.07) is 5.79. The third-order valence-corrected chi connectivity index (χ3v) is 5.64. The molecule has 2 aliphatic rings. The molecule has 1 aliphatic heterocycles. The molecule has 0 fully saturated rings. The van der Waals surface area contributed by atoms with Crippen molar-refractivity contribution < 1.29 is 4.79 Å². The van der Waals surface area contributed by atoms with Crippen molar-refractivity contribution in [2.45, 2.75) is 33.6 Å². The summed E-state index contributed by atoms with van der Waals surface area (Å²) in [4.78, 5) is 14.8. The van der Waals surface area contributed by atoms with Crippen LogP contribution in [-0.4, -0.2) is 24.4 Å². The van der Waals surface area contributed by atoms with E-state index in [9.17, 15) is 4.79 Å². The normalized spacial score (nSPS) is 18.8. The molecule has 132 valence electrons. The predicted octanol–water partition coefficient (Wildman–Crippen LogP) is 4.81. The first kappa shape index (κ1) is 18.0. The monoisotopic (exact) mass is 400 g/mol. The zero-order valence-electron chi connectivity index (χ0n) is 15.3. The summed E-state index contributed by atoms with van der Waals surface area (Å²) < 4.78 is 0.987. The largest absolute Gasteiger partial charge is 0.379 e. The molecule has 1 amide bonds. The zero-order chi connectivity index (χ0) is 18.2. The maximum absolute atomic E-state index is 12.6. The molecule has 0 atom stereocenters. The summed E-state index contributed by atoms with van der Waals surface area (Å²) in [7, 11) is 2.11. The fourth-order valence-corrected chi connectivity index (χ4v) is 4.38. The van der Waals surface area contributed by atoms with Crippen molar-refractivity contribution in [3.8, 4) is 0 Å². The van der Waals surface area contributed by atoms with Gasteiger partial charge in [0.05, 0.1) is 0 Å². The first-order valence-electron chi connectivity index (χ1n) is 8.72. The van der Waals surface area contributed by atoms with Gasteiger partial charge in [0.25, 0.3) is 5.91 Å². The molecule has 1 N–H and O–H groups in total. The summed E-state index contributed by atoms with van der Waals surface area (Å²) in [5, 5.41) is 3.07. The topological polar surface area (TPSA) is 32.3 Å². The highest BCUT2D eigenvalue weighted by Crippen LogP contribution is 2.40. The summed E-state index contributed by atoms with van der Waals surface area (Å²) in [5.74, 6) is -0.0597. The van der Waals surface area contributed by atoms with Gasteiger partial charge in [0.15, 0.2) is 0 Å². The van der Waals surface area contributed by atoms with E-state index in [1.54, 1.807) is 0 Å². The van der Waals surface area contributed by atoms with Crippen molar-refractivity contribution in [3.63, 3.8) is 0 Å². The molecule has 0 saturated carbocycles. The maximum Gasteiger partial charge on any atom is 0.255 e. The van der Waals surface area contributed by atoms with E-state index >= 15 is 0 Å². The third-order valence-electron chi connectivity index (χ3n) is 4.90. The van der Waals surface area contributed by atoms with Gasteiger partial charge in [0, 0.05) is 47.4 Å². The number of aryl methyl sites for hydroxylation is 1. The third kappa shape index (κ3) is 3.74. The SMILES string of the molecule is CCc1ccc(C(=O)NC2=CC=C3C(=CN(C)CC3(C)C)C2)cc1Br. The van der Waals surface area contributed by atoms with Crippen LogP contribution in [0.15, 0.2) is 57.9 Å². The van der Waals surface area contributed by atoms with Crippen LogP contribution in [0.1, 0.15) is 43.1 Å². The van der Waals surface area contributed by atoms with Gasteiger partial charge < -0.3 is 10.2 Å². The number of halogens is 1. The summed E-state index contributed by atoms with van der Waals surface area (Å²) >= 11 is 3.55. The number of carbonyl (C=O) groups is 1. The fourth-order valence-electron chi connectivity index (χ4n) is 3.73. The Morgan fingerprint density at radius 2 is 2.08 bits per heavy atom. The van der Waals surface area contributed by atoms with Crippen molar-refractivity contribution in [1.29, 1.82) is 0 Å². The van der Waals surface area contributed by atoms with E-state index in [1.165, 1.54) is 16.7 Å². The van der Waals surface area contributed by atoms with Crippen LogP contribution in [0.4, 0.5) is 0 Å². The van der Waals surface area contributed by atoms with Gasteiger partial charge in [-0.1, -0.05) is 48.8 Å². The fraction of sp³-hybridized carbons (Fsp3) is 0.381. The lowest BCUT2D eigenvalue weighted by atomic mass is 9.74. The van der Waals surface area contributed by atoms with Crippen LogP contribution in [-0.2, 0) is 6.42 Å². The summed E-state index contributed by atoms with van der Waals surface area (Å²) in [6.07, 6.45) is 8.11. The lowest BCUT2D eigenvalue weighted by Gasteiger charge is -2.40. The van der Waals surface area contributed by atoms with Crippen LogP contribution in [0.2, 0.25) is 0 Å². The Morgan fingerprint density at radius 3 is 2.76 bits per heavy atom. The van der Waals surface area contributed by atoms with Crippen LogP contribution in [0, 0.1) is 5.41 Å². The molecule has 1 aliphatic carbocycles. The second-order valence-corrected chi connectivity index (χ2v) is 8.37. The lowest BCUT2D eigenvalue weighted by molar-refractivity contribution is 0.0965. The number of benzene rings is 1. The molecule has 25 heavy (non-hydrogen) atoms. The average molecular weight is 401 g/mol. The second kappa shape index (κ2) is 6.83. The van der Waals surface area contributed by atoms with Crippen LogP contribution in [0.3, 0.4) is 0 Å². The van der Waals surface area contributed by atoms with Gasteiger partial charge in [-0.05, 0) is 41.3 Å². The highest BCUT2D eigenvalue weighted by Gasteiger charge is 2.32. The Balaban J connectivity index is 1.79. The molecule has 0 bridgehead atoms. The van der Waals surface area contributed by atoms with Crippen molar-refractivity contribution in [2.75, 3.05) is 13.6 Å². The quantitative estimate of drug-likeness (QED) is 0.789. The number of rotatable bonds is 3. The Bertz CT molecular complexity index is 802. The van der Waals surface area contributed by atoms with Crippen LogP contribution < -0.4 is 5.32 Å². The molecular weight excluding hydrogens is 376 g/mol. The first-order chi connectivity index (χ1) is 11.8. The maximum atomic E-state index is 12.6. The highest BCUT2D eigenvalue weighted by molar-refractivity contribution is 9.10.